The molecule has 4 N–H and O–H groups in total. The SMILES string of the molecule is C.CCCC1CCN(C(=O)Cn2cnc(NC(=O)[C@@H](COCc3ccccc3)NC(=O)C(C)(C)N)c2)CC1. The van der Waals surface area contributed by atoms with Crippen molar-refractivity contribution in [2.75, 3.05) is 25.0 Å². The van der Waals surface area contributed by atoms with Crippen LogP contribution in [0.5, 0.6) is 0 Å². The molecule has 2 heterocycles. The molecule has 1 aromatic carbocycles. The molecule has 3 amide bonds. The average Bonchev–Trinajstić information content (AvgIpc) is 3.30. The molecule has 10 nitrogen and oxygen atoms in total. The Balaban J connectivity index is 0.00000507. The maximum Gasteiger partial charge on any atom is 0.250 e. The third kappa shape index (κ3) is 9.57. The molecule has 0 aliphatic carbocycles. The van der Waals surface area contributed by atoms with Crippen LogP contribution in [0.3, 0.4) is 0 Å². The second-order valence-electron chi connectivity index (χ2n) is 10.3. The van der Waals surface area contributed by atoms with E-state index in [1.807, 2.05) is 35.2 Å². The van der Waals surface area contributed by atoms with Gasteiger partial charge in [0.1, 0.15) is 12.6 Å². The molecule has 38 heavy (non-hydrogen) atoms. The second-order valence-corrected chi connectivity index (χ2v) is 10.3. The van der Waals surface area contributed by atoms with Crippen LogP contribution in [0.4, 0.5) is 5.82 Å². The van der Waals surface area contributed by atoms with Crippen LogP contribution in [0.15, 0.2) is 42.9 Å². The number of carbonyl (C=O) groups is 3. The van der Waals surface area contributed by atoms with Gasteiger partial charge in [0, 0.05) is 19.3 Å². The van der Waals surface area contributed by atoms with Crippen molar-refractivity contribution in [3.05, 3.63) is 48.4 Å². The molecule has 0 radical (unpaired) electrons. The Kier molecular flexibility index (Phi) is 11.9. The summed E-state index contributed by atoms with van der Waals surface area (Å²) in [6.45, 7) is 7.28. The Labute approximate surface area is 226 Å². The predicted molar refractivity (Wildman–Crippen MR) is 148 cm³/mol. The topological polar surface area (TPSA) is 132 Å². The van der Waals surface area contributed by atoms with E-state index in [2.05, 4.69) is 22.5 Å². The Morgan fingerprint density at radius 3 is 2.50 bits per heavy atom. The lowest BCUT2D eigenvalue weighted by molar-refractivity contribution is -0.133. The Morgan fingerprint density at radius 1 is 1.18 bits per heavy atom. The molecule has 2 aromatic rings. The Hall–Kier alpha value is -3.24. The summed E-state index contributed by atoms with van der Waals surface area (Å²) in [4.78, 5) is 44.3. The standard InChI is InChI=1S/C27H40N6O4.CH4/c1-4-8-20-11-13-33(14-12-20)24(34)16-32-15-23(29-19-32)31-25(35)22(30-26(36)27(2,3)28)18-37-17-21-9-6-5-7-10-21;/h5-7,9-10,15,19-20,22H,4,8,11-14,16-18,28H2,1-3H3,(H,30,36)(H,31,35);1H4/t22-;/m1./s1. The van der Waals surface area contributed by atoms with Crippen LogP contribution in [-0.4, -0.2) is 63.4 Å². The number of benzene rings is 1. The molecule has 0 saturated carbocycles. The van der Waals surface area contributed by atoms with E-state index in [4.69, 9.17) is 10.5 Å². The summed E-state index contributed by atoms with van der Waals surface area (Å²) in [7, 11) is 0. The van der Waals surface area contributed by atoms with Gasteiger partial charge in [-0.1, -0.05) is 57.5 Å². The van der Waals surface area contributed by atoms with Gasteiger partial charge >= 0.3 is 0 Å². The van der Waals surface area contributed by atoms with Crippen molar-refractivity contribution in [2.24, 2.45) is 11.7 Å². The minimum Gasteiger partial charge on any atom is -0.374 e. The number of likely N-dealkylation sites (tertiary alicyclic amines) is 1. The molecule has 1 saturated heterocycles. The second kappa shape index (κ2) is 14.6. The van der Waals surface area contributed by atoms with Gasteiger partial charge in [0.15, 0.2) is 5.82 Å². The van der Waals surface area contributed by atoms with Gasteiger partial charge in [0.05, 0.1) is 25.1 Å². The lowest BCUT2D eigenvalue weighted by Crippen LogP contribution is -2.56. The molecule has 0 spiro atoms. The third-order valence-electron chi connectivity index (χ3n) is 6.47. The van der Waals surface area contributed by atoms with Crippen LogP contribution in [0, 0.1) is 5.92 Å². The number of hydrogen-bond donors (Lipinski definition) is 3. The summed E-state index contributed by atoms with van der Waals surface area (Å²) in [6.07, 6.45) is 7.60. The van der Waals surface area contributed by atoms with E-state index in [1.165, 1.54) is 19.2 Å². The van der Waals surface area contributed by atoms with E-state index >= 15 is 0 Å². The fraction of sp³-hybridized carbons (Fsp3) is 0.571. The van der Waals surface area contributed by atoms with Crippen LogP contribution in [-0.2, 0) is 32.3 Å². The first-order chi connectivity index (χ1) is 17.7. The van der Waals surface area contributed by atoms with Crippen molar-refractivity contribution < 1.29 is 19.1 Å². The maximum absolute atomic E-state index is 13.0. The van der Waals surface area contributed by atoms with E-state index in [1.54, 1.807) is 24.6 Å². The quantitative estimate of drug-likeness (QED) is 0.388. The zero-order chi connectivity index (χ0) is 26.8. The van der Waals surface area contributed by atoms with Crippen molar-refractivity contribution in [1.29, 1.82) is 0 Å². The fourth-order valence-electron chi connectivity index (χ4n) is 4.26. The molecule has 1 aliphatic heterocycles. The minimum atomic E-state index is -1.16. The van der Waals surface area contributed by atoms with Gasteiger partial charge in [-0.2, -0.15) is 0 Å². The van der Waals surface area contributed by atoms with Gasteiger partial charge < -0.3 is 30.6 Å². The lowest BCUT2D eigenvalue weighted by atomic mass is 9.92. The molecule has 1 atom stereocenters. The highest BCUT2D eigenvalue weighted by Gasteiger charge is 2.29. The average molecular weight is 529 g/mol. The molecule has 10 heteroatoms. The van der Waals surface area contributed by atoms with Crippen LogP contribution in [0.25, 0.3) is 0 Å². The number of nitrogens with one attached hydrogen (secondary N) is 2. The van der Waals surface area contributed by atoms with E-state index in [0.717, 1.165) is 31.5 Å². The number of imidazole rings is 1. The number of nitrogens with two attached hydrogens (primary N) is 1. The van der Waals surface area contributed by atoms with Gasteiger partial charge in [-0.15, -0.1) is 0 Å². The molecule has 1 fully saturated rings. The number of hydrogen-bond acceptors (Lipinski definition) is 6. The van der Waals surface area contributed by atoms with Crippen molar-refractivity contribution >= 4 is 23.5 Å². The van der Waals surface area contributed by atoms with Crippen molar-refractivity contribution in [2.45, 2.75) is 78.6 Å². The molecule has 210 valence electrons. The van der Waals surface area contributed by atoms with Crippen LogP contribution >= 0.6 is 0 Å². The highest BCUT2D eigenvalue weighted by Crippen LogP contribution is 2.22. The molecule has 1 aromatic heterocycles. The maximum atomic E-state index is 13.0. The number of anilines is 1. The summed E-state index contributed by atoms with van der Waals surface area (Å²) in [5.41, 5.74) is 5.68. The zero-order valence-corrected chi connectivity index (χ0v) is 22.1. The van der Waals surface area contributed by atoms with Crippen molar-refractivity contribution in [3.63, 3.8) is 0 Å². The first kappa shape index (κ1) is 31.0. The summed E-state index contributed by atoms with van der Waals surface area (Å²) in [5, 5.41) is 5.37. The van der Waals surface area contributed by atoms with Gasteiger partial charge in [0.25, 0.3) is 5.91 Å². The van der Waals surface area contributed by atoms with Crippen molar-refractivity contribution in [1.82, 2.24) is 19.8 Å². The van der Waals surface area contributed by atoms with E-state index < -0.39 is 23.4 Å². The first-order valence-electron chi connectivity index (χ1n) is 13.0. The molecular formula is C28H44N6O4. The molecule has 0 bridgehead atoms. The van der Waals surface area contributed by atoms with E-state index in [0.29, 0.717) is 12.5 Å². The van der Waals surface area contributed by atoms with Gasteiger partial charge in [-0.3, -0.25) is 14.4 Å². The largest absolute Gasteiger partial charge is 0.374 e. The number of aromatic nitrogens is 2. The predicted octanol–water partition coefficient (Wildman–Crippen LogP) is 2.94. The Bertz CT molecular complexity index is 1030. The normalized spacial score (nSPS) is 14.9. The molecule has 0 unspecified atom stereocenters. The van der Waals surface area contributed by atoms with E-state index in [9.17, 15) is 14.4 Å². The summed E-state index contributed by atoms with van der Waals surface area (Å²) < 4.78 is 7.36. The number of rotatable bonds is 12. The first-order valence-corrected chi connectivity index (χ1v) is 13.0. The number of piperidine rings is 1. The molecular weight excluding hydrogens is 484 g/mol. The van der Waals surface area contributed by atoms with Gasteiger partial charge in [-0.25, -0.2) is 4.98 Å². The molecule has 3 rings (SSSR count). The number of amides is 3. The summed E-state index contributed by atoms with van der Waals surface area (Å²) >= 11 is 0. The summed E-state index contributed by atoms with van der Waals surface area (Å²) in [6, 6.07) is 8.56. The highest BCUT2D eigenvalue weighted by molar-refractivity contribution is 5.98. The van der Waals surface area contributed by atoms with Gasteiger partial charge in [0.2, 0.25) is 11.8 Å². The smallest absolute Gasteiger partial charge is 0.250 e. The van der Waals surface area contributed by atoms with Crippen LogP contribution < -0.4 is 16.4 Å². The minimum absolute atomic E-state index is 0. The van der Waals surface area contributed by atoms with Gasteiger partial charge in [-0.05, 0) is 38.2 Å². The Morgan fingerprint density at radius 2 is 1.87 bits per heavy atom. The fourth-order valence-corrected chi connectivity index (χ4v) is 4.26. The zero-order valence-electron chi connectivity index (χ0n) is 22.1. The number of ether oxygens (including phenoxy) is 1. The van der Waals surface area contributed by atoms with Crippen LogP contribution in [0.1, 0.15) is 59.4 Å². The number of carbonyl (C=O) groups excluding carboxylic acids is 3. The third-order valence-corrected chi connectivity index (χ3v) is 6.47. The number of nitrogens with zero attached hydrogens (tertiary/aromatic N) is 3. The lowest BCUT2D eigenvalue weighted by Gasteiger charge is -2.32. The van der Waals surface area contributed by atoms with Crippen molar-refractivity contribution in [3.8, 4) is 0 Å². The van der Waals surface area contributed by atoms with Crippen LogP contribution in [0.2, 0.25) is 0 Å². The molecule has 1 aliphatic rings. The highest BCUT2D eigenvalue weighted by atomic mass is 16.5. The monoisotopic (exact) mass is 528 g/mol. The van der Waals surface area contributed by atoms with E-state index in [-0.39, 0.29) is 32.3 Å². The summed E-state index contributed by atoms with van der Waals surface area (Å²) in [5.74, 6) is 0.0673.